The number of rotatable bonds is 4. The van der Waals surface area contributed by atoms with Gasteiger partial charge in [-0.25, -0.2) is 4.79 Å². The number of amides is 2. The van der Waals surface area contributed by atoms with Gasteiger partial charge in [0.1, 0.15) is 6.04 Å². The van der Waals surface area contributed by atoms with Crippen LogP contribution in [0.1, 0.15) is 23.9 Å². The lowest BCUT2D eigenvalue weighted by Crippen LogP contribution is -2.47. The largest absolute Gasteiger partial charge is 0.480 e. The van der Waals surface area contributed by atoms with E-state index in [0.717, 1.165) is 0 Å². The number of nitrogens with zero attached hydrogens (tertiary/aromatic N) is 1. The first kappa shape index (κ1) is 15.6. The van der Waals surface area contributed by atoms with E-state index in [-0.39, 0.29) is 18.2 Å². The summed E-state index contributed by atoms with van der Waals surface area (Å²) in [6.45, 7) is 1.93. The first-order chi connectivity index (χ1) is 9.90. The number of furan rings is 1. The van der Waals surface area contributed by atoms with Gasteiger partial charge in [0.15, 0.2) is 10.4 Å². The number of halogens is 1. The molecule has 2 unspecified atom stereocenters. The van der Waals surface area contributed by atoms with E-state index in [4.69, 9.17) is 9.52 Å². The van der Waals surface area contributed by atoms with Gasteiger partial charge in [-0.1, -0.05) is 6.92 Å². The molecule has 7 nitrogen and oxygen atoms in total. The van der Waals surface area contributed by atoms with Crippen LogP contribution in [-0.4, -0.2) is 46.9 Å². The maximum Gasteiger partial charge on any atom is 0.326 e. The molecule has 21 heavy (non-hydrogen) atoms. The number of hydrogen-bond acceptors (Lipinski definition) is 4. The molecule has 0 aliphatic carbocycles. The van der Waals surface area contributed by atoms with E-state index in [9.17, 15) is 14.4 Å². The average molecular weight is 359 g/mol. The molecule has 2 atom stereocenters. The van der Waals surface area contributed by atoms with Crippen LogP contribution in [0.2, 0.25) is 0 Å². The minimum absolute atomic E-state index is 0.0826. The van der Waals surface area contributed by atoms with Crippen LogP contribution in [0.25, 0.3) is 0 Å². The van der Waals surface area contributed by atoms with E-state index >= 15 is 0 Å². The number of carbonyl (C=O) groups is 3. The molecule has 0 bridgehead atoms. The van der Waals surface area contributed by atoms with Crippen molar-refractivity contribution in [2.45, 2.75) is 19.4 Å². The minimum atomic E-state index is -1.02. The third kappa shape index (κ3) is 3.44. The standard InChI is InChI=1S/C13H15BrN2O5/c1-7-4-5-16(11(7)13(19)20)10(17)6-15-12(18)8-2-3-9(14)21-8/h2-3,7,11H,4-6H2,1H3,(H,15,18)(H,19,20). The van der Waals surface area contributed by atoms with Crippen LogP contribution in [0.5, 0.6) is 0 Å². The highest BCUT2D eigenvalue weighted by Gasteiger charge is 2.39. The summed E-state index contributed by atoms with van der Waals surface area (Å²) in [6, 6.07) is 2.22. The predicted octanol–water partition coefficient (Wildman–Crippen LogP) is 1.09. The minimum Gasteiger partial charge on any atom is -0.480 e. The molecule has 0 aromatic carbocycles. The van der Waals surface area contributed by atoms with Gasteiger partial charge in [-0.05, 0) is 40.4 Å². The van der Waals surface area contributed by atoms with Crippen LogP contribution in [0.4, 0.5) is 0 Å². The van der Waals surface area contributed by atoms with E-state index in [0.29, 0.717) is 17.6 Å². The average Bonchev–Trinajstić information content (AvgIpc) is 3.01. The van der Waals surface area contributed by atoms with Crippen molar-refractivity contribution in [1.82, 2.24) is 10.2 Å². The molecule has 1 saturated heterocycles. The summed E-state index contributed by atoms with van der Waals surface area (Å²) in [5.41, 5.74) is 0. The second-order valence-corrected chi connectivity index (χ2v) is 5.70. The first-order valence-corrected chi connectivity index (χ1v) is 7.25. The molecule has 1 fully saturated rings. The summed E-state index contributed by atoms with van der Waals surface area (Å²) >= 11 is 3.08. The fourth-order valence-corrected chi connectivity index (χ4v) is 2.69. The second-order valence-electron chi connectivity index (χ2n) is 4.92. The number of carbonyl (C=O) groups excluding carboxylic acids is 2. The molecular formula is C13H15BrN2O5. The Labute approximate surface area is 129 Å². The number of likely N-dealkylation sites (tertiary alicyclic amines) is 1. The smallest absolute Gasteiger partial charge is 0.326 e. The molecule has 2 heterocycles. The molecule has 114 valence electrons. The summed E-state index contributed by atoms with van der Waals surface area (Å²) in [5.74, 6) is -1.96. The molecule has 1 aliphatic rings. The van der Waals surface area contributed by atoms with Gasteiger partial charge in [-0.3, -0.25) is 9.59 Å². The Kier molecular flexibility index (Phi) is 4.66. The monoisotopic (exact) mass is 358 g/mol. The lowest BCUT2D eigenvalue weighted by molar-refractivity contribution is -0.149. The summed E-state index contributed by atoms with van der Waals surface area (Å²) < 4.78 is 5.48. The summed E-state index contributed by atoms with van der Waals surface area (Å²) in [5, 5.41) is 11.6. The molecular weight excluding hydrogens is 344 g/mol. The third-order valence-electron chi connectivity index (χ3n) is 3.47. The molecule has 1 aromatic rings. The van der Waals surface area contributed by atoms with Crippen molar-refractivity contribution in [3.8, 4) is 0 Å². The molecule has 0 radical (unpaired) electrons. The van der Waals surface area contributed by atoms with Crippen LogP contribution in [0, 0.1) is 5.92 Å². The van der Waals surface area contributed by atoms with Crippen molar-refractivity contribution >= 4 is 33.7 Å². The SMILES string of the molecule is CC1CCN(C(=O)CNC(=O)c2ccc(Br)o2)C1C(=O)O. The van der Waals surface area contributed by atoms with E-state index in [1.807, 2.05) is 0 Å². The highest BCUT2D eigenvalue weighted by atomic mass is 79.9. The van der Waals surface area contributed by atoms with Crippen molar-refractivity contribution < 1.29 is 23.9 Å². The van der Waals surface area contributed by atoms with Gasteiger partial charge < -0.3 is 19.7 Å². The van der Waals surface area contributed by atoms with Gasteiger partial charge >= 0.3 is 5.97 Å². The normalized spacial score (nSPS) is 21.3. The van der Waals surface area contributed by atoms with E-state index < -0.39 is 23.8 Å². The zero-order chi connectivity index (χ0) is 15.6. The molecule has 2 rings (SSSR count). The fraction of sp³-hybridized carbons (Fsp3) is 0.462. The number of carboxylic acids is 1. The van der Waals surface area contributed by atoms with Crippen LogP contribution in [-0.2, 0) is 9.59 Å². The Morgan fingerprint density at radius 1 is 1.48 bits per heavy atom. The summed E-state index contributed by atoms with van der Waals surface area (Å²) in [6.07, 6.45) is 0.641. The van der Waals surface area contributed by atoms with Gasteiger partial charge in [0, 0.05) is 6.54 Å². The predicted molar refractivity (Wildman–Crippen MR) is 75.7 cm³/mol. The maximum absolute atomic E-state index is 12.1. The van der Waals surface area contributed by atoms with Crippen LogP contribution in [0.15, 0.2) is 21.2 Å². The summed E-state index contributed by atoms with van der Waals surface area (Å²) in [4.78, 5) is 36.3. The highest BCUT2D eigenvalue weighted by molar-refractivity contribution is 9.10. The molecule has 1 aromatic heterocycles. The molecule has 2 amide bonds. The highest BCUT2D eigenvalue weighted by Crippen LogP contribution is 2.24. The maximum atomic E-state index is 12.1. The van der Waals surface area contributed by atoms with Crippen molar-refractivity contribution in [1.29, 1.82) is 0 Å². The first-order valence-electron chi connectivity index (χ1n) is 6.46. The fourth-order valence-electron chi connectivity index (χ4n) is 2.38. The Hall–Kier alpha value is -1.83. The Balaban J connectivity index is 1.93. The third-order valence-corrected chi connectivity index (χ3v) is 3.90. The quantitative estimate of drug-likeness (QED) is 0.839. The zero-order valence-corrected chi connectivity index (χ0v) is 12.9. The molecule has 0 spiro atoms. The Bertz CT molecular complexity index is 571. The number of hydrogen-bond donors (Lipinski definition) is 2. The van der Waals surface area contributed by atoms with Crippen molar-refractivity contribution in [3.63, 3.8) is 0 Å². The number of aliphatic carboxylic acids is 1. The zero-order valence-electron chi connectivity index (χ0n) is 11.3. The van der Waals surface area contributed by atoms with Crippen molar-refractivity contribution in [2.75, 3.05) is 13.1 Å². The van der Waals surface area contributed by atoms with Crippen LogP contribution in [0.3, 0.4) is 0 Å². The number of carboxylic acid groups (broad SMARTS) is 1. The van der Waals surface area contributed by atoms with Crippen molar-refractivity contribution in [2.24, 2.45) is 5.92 Å². The molecule has 8 heteroatoms. The van der Waals surface area contributed by atoms with E-state index in [1.54, 1.807) is 13.0 Å². The second kappa shape index (κ2) is 6.30. The number of nitrogens with one attached hydrogen (secondary N) is 1. The van der Waals surface area contributed by atoms with Crippen molar-refractivity contribution in [3.05, 3.63) is 22.6 Å². The van der Waals surface area contributed by atoms with Crippen LogP contribution >= 0.6 is 15.9 Å². The van der Waals surface area contributed by atoms with Gasteiger partial charge in [-0.15, -0.1) is 0 Å². The topological polar surface area (TPSA) is 99.9 Å². The lowest BCUT2D eigenvalue weighted by Gasteiger charge is -2.23. The molecule has 2 N–H and O–H groups in total. The summed E-state index contributed by atoms with van der Waals surface area (Å²) in [7, 11) is 0. The van der Waals surface area contributed by atoms with E-state index in [1.165, 1.54) is 11.0 Å². The van der Waals surface area contributed by atoms with Gasteiger partial charge in [0.05, 0.1) is 6.54 Å². The van der Waals surface area contributed by atoms with Gasteiger partial charge in [0.2, 0.25) is 5.91 Å². The van der Waals surface area contributed by atoms with Gasteiger partial charge in [0.25, 0.3) is 5.91 Å². The van der Waals surface area contributed by atoms with E-state index in [2.05, 4.69) is 21.2 Å². The molecule has 1 aliphatic heterocycles. The van der Waals surface area contributed by atoms with Crippen LogP contribution < -0.4 is 5.32 Å². The van der Waals surface area contributed by atoms with Gasteiger partial charge in [-0.2, -0.15) is 0 Å². The Morgan fingerprint density at radius 3 is 2.76 bits per heavy atom. The lowest BCUT2D eigenvalue weighted by atomic mass is 10.0. The Morgan fingerprint density at radius 2 is 2.19 bits per heavy atom. The molecule has 0 saturated carbocycles.